The standard InChI is InChI=1S/C18H29N3O4S.ClH/c1-12-4-5-14-15(18(12)22)10-16(25-17(14)11-19)13-6-8-21(9-7-13)26(23,24)20(2)3;/h4-5,13,16-17,22H,6-11,19H2,1-3H3;1H/t16-,17-;/m0./s1. The van der Waals surface area contributed by atoms with Crippen LogP contribution in [0.2, 0.25) is 0 Å². The Bertz CT molecular complexity index is 764. The number of ether oxygens (including phenoxy) is 1. The van der Waals surface area contributed by atoms with Gasteiger partial charge in [-0.1, -0.05) is 12.1 Å². The van der Waals surface area contributed by atoms with Crippen molar-refractivity contribution in [1.29, 1.82) is 0 Å². The summed E-state index contributed by atoms with van der Waals surface area (Å²) in [5.74, 6) is 0.590. The molecule has 0 spiro atoms. The van der Waals surface area contributed by atoms with Crippen molar-refractivity contribution >= 4 is 22.6 Å². The molecular weight excluding hydrogens is 390 g/mol. The van der Waals surface area contributed by atoms with Gasteiger partial charge in [-0.15, -0.1) is 12.4 Å². The molecule has 3 N–H and O–H groups in total. The fourth-order valence-corrected chi connectivity index (χ4v) is 5.12. The Morgan fingerprint density at radius 2 is 1.93 bits per heavy atom. The SMILES string of the molecule is Cc1ccc2c(c1O)C[C@@H](C1CCN(S(=O)(=O)N(C)C)CC1)O[C@H]2CN.Cl. The second kappa shape index (κ2) is 8.63. The van der Waals surface area contributed by atoms with Gasteiger partial charge in [0.05, 0.1) is 12.2 Å². The largest absolute Gasteiger partial charge is 0.507 e. The first-order chi connectivity index (χ1) is 12.3. The van der Waals surface area contributed by atoms with Gasteiger partial charge in [-0.05, 0) is 36.8 Å². The number of benzene rings is 1. The van der Waals surface area contributed by atoms with Crippen LogP contribution in [0.1, 0.15) is 35.6 Å². The van der Waals surface area contributed by atoms with E-state index in [1.165, 1.54) is 8.61 Å². The van der Waals surface area contributed by atoms with E-state index in [0.29, 0.717) is 31.8 Å². The number of piperidine rings is 1. The zero-order chi connectivity index (χ0) is 19.1. The molecule has 1 aromatic rings. The van der Waals surface area contributed by atoms with Crippen LogP contribution in [-0.2, 0) is 21.4 Å². The van der Waals surface area contributed by atoms with Crippen molar-refractivity contribution in [3.63, 3.8) is 0 Å². The zero-order valence-electron chi connectivity index (χ0n) is 16.1. The van der Waals surface area contributed by atoms with E-state index in [0.717, 1.165) is 29.5 Å². The first kappa shape index (κ1) is 22.4. The first-order valence-corrected chi connectivity index (χ1v) is 10.5. The summed E-state index contributed by atoms with van der Waals surface area (Å²) in [6, 6.07) is 3.88. The summed E-state index contributed by atoms with van der Waals surface area (Å²) < 4.78 is 33.6. The third-order valence-corrected chi connectivity index (χ3v) is 7.58. The number of phenolic OH excluding ortho intramolecular Hbond substituents is 1. The molecule has 0 aromatic heterocycles. The smallest absolute Gasteiger partial charge is 0.281 e. The summed E-state index contributed by atoms with van der Waals surface area (Å²) in [6.45, 7) is 3.23. The highest BCUT2D eigenvalue weighted by Gasteiger charge is 2.37. The van der Waals surface area contributed by atoms with E-state index in [4.69, 9.17) is 10.5 Å². The molecule has 0 radical (unpaired) electrons. The summed E-state index contributed by atoms with van der Waals surface area (Å²) in [5.41, 5.74) is 8.67. The minimum atomic E-state index is -3.36. The van der Waals surface area contributed by atoms with Gasteiger partial charge >= 0.3 is 0 Å². The van der Waals surface area contributed by atoms with Crippen molar-refractivity contribution in [2.75, 3.05) is 33.7 Å². The van der Waals surface area contributed by atoms with E-state index < -0.39 is 10.2 Å². The first-order valence-electron chi connectivity index (χ1n) is 9.10. The van der Waals surface area contributed by atoms with E-state index in [-0.39, 0.29) is 30.5 Å². The van der Waals surface area contributed by atoms with E-state index >= 15 is 0 Å². The molecule has 9 heteroatoms. The monoisotopic (exact) mass is 419 g/mol. The summed E-state index contributed by atoms with van der Waals surface area (Å²) in [4.78, 5) is 0. The van der Waals surface area contributed by atoms with Gasteiger partial charge in [-0.25, -0.2) is 0 Å². The highest BCUT2D eigenvalue weighted by Crippen LogP contribution is 2.40. The van der Waals surface area contributed by atoms with Gasteiger partial charge in [0, 0.05) is 45.7 Å². The molecule has 2 aliphatic rings. The van der Waals surface area contributed by atoms with Crippen molar-refractivity contribution in [2.45, 2.75) is 38.4 Å². The third-order valence-electron chi connectivity index (χ3n) is 5.64. The maximum Gasteiger partial charge on any atom is 0.281 e. The number of rotatable bonds is 4. The summed E-state index contributed by atoms with van der Waals surface area (Å²) >= 11 is 0. The lowest BCUT2D eigenvalue weighted by Gasteiger charge is -2.40. The maximum absolute atomic E-state index is 12.3. The number of aromatic hydroxyl groups is 1. The molecule has 3 rings (SSSR count). The lowest BCUT2D eigenvalue weighted by Crippen LogP contribution is -2.47. The summed E-state index contributed by atoms with van der Waals surface area (Å²) in [6.07, 6.45) is 1.87. The number of hydrogen-bond acceptors (Lipinski definition) is 5. The molecule has 2 heterocycles. The number of nitrogens with two attached hydrogens (primary N) is 1. The average molecular weight is 420 g/mol. The normalized spacial score (nSPS) is 24.5. The van der Waals surface area contributed by atoms with Crippen molar-refractivity contribution in [3.8, 4) is 5.75 Å². The molecule has 2 aliphatic heterocycles. The van der Waals surface area contributed by atoms with Crippen molar-refractivity contribution < 1.29 is 18.3 Å². The van der Waals surface area contributed by atoms with Crippen LogP contribution in [0.5, 0.6) is 5.75 Å². The van der Waals surface area contributed by atoms with Gasteiger partial charge in [-0.2, -0.15) is 17.0 Å². The van der Waals surface area contributed by atoms with Crippen LogP contribution < -0.4 is 5.73 Å². The summed E-state index contributed by atoms with van der Waals surface area (Å²) in [5, 5.41) is 10.5. The van der Waals surface area contributed by atoms with Gasteiger partial charge in [0.25, 0.3) is 10.2 Å². The van der Waals surface area contributed by atoms with E-state index in [1.807, 2.05) is 19.1 Å². The number of nitrogens with zero attached hydrogens (tertiary/aromatic N) is 2. The Balaban J connectivity index is 0.00000261. The number of halogens is 1. The molecular formula is C18H30ClN3O4S. The molecule has 2 atom stereocenters. The van der Waals surface area contributed by atoms with Crippen LogP contribution in [0.4, 0.5) is 0 Å². The van der Waals surface area contributed by atoms with Crippen LogP contribution in [-0.4, -0.2) is 62.0 Å². The Kier molecular flexibility index (Phi) is 7.16. The fourth-order valence-electron chi connectivity index (χ4n) is 3.99. The lowest BCUT2D eigenvalue weighted by molar-refractivity contribution is -0.0613. The minimum absolute atomic E-state index is 0. The number of phenols is 1. The lowest BCUT2D eigenvalue weighted by atomic mass is 9.83. The molecule has 0 amide bonds. The van der Waals surface area contributed by atoms with Gasteiger partial charge in [0.2, 0.25) is 0 Å². The topological polar surface area (TPSA) is 96.1 Å². The average Bonchev–Trinajstić information content (AvgIpc) is 2.64. The Labute approximate surface area is 168 Å². The molecule has 1 aromatic carbocycles. The summed E-state index contributed by atoms with van der Waals surface area (Å²) in [7, 11) is -0.254. The maximum atomic E-state index is 12.3. The molecule has 0 unspecified atom stereocenters. The van der Waals surface area contributed by atoms with Crippen LogP contribution in [0, 0.1) is 12.8 Å². The highest BCUT2D eigenvalue weighted by molar-refractivity contribution is 7.86. The predicted molar refractivity (Wildman–Crippen MR) is 107 cm³/mol. The van der Waals surface area contributed by atoms with Gasteiger partial charge < -0.3 is 15.6 Å². The van der Waals surface area contributed by atoms with E-state index in [1.54, 1.807) is 14.1 Å². The van der Waals surface area contributed by atoms with Gasteiger partial charge in [-0.3, -0.25) is 0 Å². The Morgan fingerprint density at radius 3 is 2.48 bits per heavy atom. The second-order valence-corrected chi connectivity index (χ2v) is 9.57. The van der Waals surface area contributed by atoms with E-state index in [2.05, 4.69) is 0 Å². The zero-order valence-corrected chi connectivity index (χ0v) is 17.7. The van der Waals surface area contributed by atoms with Crippen LogP contribution >= 0.6 is 12.4 Å². The molecule has 7 nitrogen and oxygen atoms in total. The Morgan fingerprint density at radius 1 is 1.30 bits per heavy atom. The Hall–Kier alpha value is -0.900. The highest BCUT2D eigenvalue weighted by atomic mass is 35.5. The van der Waals surface area contributed by atoms with Crippen LogP contribution in [0.25, 0.3) is 0 Å². The molecule has 0 saturated carbocycles. The molecule has 0 aliphatic carbocycles. The molecule has 1 fully saturated rings. The van der Waals surface area contributed by atoms with Crippen LogP contribution in [0.15, 0.2) is 12.1 Å². The number of hydrogen-bond donors (Lipinski definition) is 2. The number of fused-ring (bicyclic) bond motifs is 1. The van der Waals surface area contributed by atoms with Gasteiger partial charge in [0.1, 0.15) is 5.75 Å². The second-order valence-electron chi connectivity index (χ2n) is 7.43. The number of aryl methyl sites for hydroxylation is 1. The van der Waals surface area contributed by atoms with E-state index in [9.17, 15) is 13.5 Å². The molecule has 154 valence electrons. The molecule has 1 saturated heterocycles. The van der Waals surface area contributed by atoms with Crippen molar-refractivity contribution in [2.24, 2.45) is 11.7 Å². The third kappa shape index (κ3) is 4.26. The van der Waals surface area contributed by atoms with Gasteiger partial charge in [0.15, 0.2) is 0 Å². The fraction of sp³-hybridized carbons (Fsp3) is 0.667. The van der Waals surface area contributed by atoms with Crippen molar-refractivity contribution in [3.05, 3.63) is 28.8 Å². The van der Waals surface area contributed by atoms with Crippen LogP contribution in [0.3, 0.4) is 0 Å². The molecule has 0 bridgehead atoms. The minimum Gasteiger partial charge on any atom is -0.507 e. The van der Waals surface area contributed by atoms with Crippen molar-refractivity contribution in [1.82, 2.24) is 8.61 Å². The quantitative estimate of drug-likeness (QED) is 0.772. The predicted octanol–water partition coefficient (Wildman–Crippen LogP) is 1.58. The molecule has 27 heavy (non-hydrogen) atoms.